The Morgan fingerprint density at radius 2 is 1.74 bits per heavy atom. The van der Waals surface area contributed by atoms with Crippen LogP contribution in [0.1, 0.15) is 12.8 Å². The van der Waals surface area contributed by atoms with Crippen molar-refractivity contribution in [1.82, 2.24) is 4.98 Å². The Bertz CT molecular complexity index is 941. The number of carbonyl (C=O) groups is 1. The van der Waals surface area contributed by atoms with E-state index < -0.39 is 0 Å². The normalized spacial score (nSPS) is 16.5. The molecule has 27 heavy (non-hydrogen) atoms. The maximum absolute atomic E-state index is 12.8. The number of nitrogens with one attached hydrogen (secondary N) is 1. The van der Waals surface area contributed by atoms with Gasteiger partial charge in [0.1, 0.15) is 6.04 Å². The first-order valence-electron chi connectivity index (χ1n) is 8.65. The highest BCUT2D eigenvalue weighted by atomic mass is 35.5. The van der Waals surface area contributed by atoms with Crippen molar-refractivity contribution < 1.29 is 4.79 Å². The summed E-state index contributed by atoms with van der Waals surface area (Å²) in [7, 11) is 0. The van der Waals surface area contributed by atoms with Gasteiger partial charge in [-0.3, -0.25) is 4.79 Å². The van der Waals surface area contributed by atoms with Crippen LogP contribution in [0, 0.1) is 0 Å². The summed E-state index contributed by atoms with van der Waals surface area (Å²) < 4.78 is 0. The molecule has 1 saturated heterocycles. The Hall–Kier alpha value is -2.08. The van der Waals surface area contributed by atoms with Crippen LogP contribution in [0.3, 0.4) is 0 Å². The molecule has 0 spiro atoms. The van der Waals surface area contributed by atoms with E-state index in [1.165, 1.54) is 11.3 Å². The zero-order chi connectivity index (χ0) is 18.8. The van der Waals surface area contributed by atoms with Crippen molar-refractivity contribution in [3.63, 3.8) is 0 Å². The summed E-state index contributed by atoms with van der Waals surface area (Å²) in [4.78, 5) is 19.5. The summed E-state index contributed by atoms with van der Waals surface area (Å²) in [6.45, 7) is 0.855. The number of benzene rings is 2. The fourth-order valence-corrected chi connectivity index (χ4v) is 4.23. The first kappa shape index (κ1) is 18.3. The fraction of sp³-hybridized carbons (Fsp3) is 0.200. The van der Waals surface area contributed by atoms with E-state index in [0.717, 1.165) is 36.3 Å². The van der Waals surface area contributed by atoms with Crippen LogP contribution in [0.5, 0.6) is 0 Å². The number of aromatic nitrogens is 1. The molecule has 1 fully saturated rings. The molecule has 0 aliphatic carbocycles. The molecule has 0 saturated carbocycles. The third kappa shape index (κ3) is 4.10. The molecule has 1 aliphatic heterocycles. The number of anilines is 2. The molecule has 0 bridgehead atoms. The lowest BCUT2D eigenvalue weighted by atomic mass is 10.2. The predicted octanol–water partition coefficient (Wildman–Crippen LogP) is 5.72. The highest BCUT2D eigenvalue weighted by Crippen LogP contribution is 2.29. The third-order valence-electron chi connectivity index (χ3n) is 4.59. The molecule has 2 heterocycles. The molecular formula is C20H17Cl2N3OS. The van der Waals surface area contributed by atoms with Gasteiger partial charge < -0.3 is 10.2 Å². The minimum absolute atomic E-state index is 0.0283. The molecule has 1 amide bonds. The van der Waals surface area contributed by atoms with Gasteiger partial charge in [-0.15, -0.1) is 11.3 Å². The molecule has 4 rings (SSSR count). The van der Waals surface area contributed by atoms with Gasteiger partial charge >= 0.3 is 0 Å². The molecule has 1 aliphatic rings. The summed E-state index contributed by atoms with van der Waals surface area (Å²) in [5, 5.41) is 6.89. The average molecular weight is 418 g/mol. The topological polar surface area (TPSA) is 45.2 Å². The Balaban J connectivity index is 1.47. The van der Waals surface area contributed by atoms with Crippen LogP contribution >= 0.6 is 34.5 Å². The molecule has 1 N–H and O–H groups in total. The van der Waals surface area contributed by atoms with E-state index in [0.29, 0.717) is 15.2 Å². The first-order valence-corrected chi connectivity index (χ1v) is 10.3. The monoisotopic (exact) mass is 417 g/mol. The summed E-state index contributed by atoms with van der Waals surface area (Å²) >= 11 is 13.3. The highest BCUT2D eigenvalue weighted by molar-refractivity contribution is 7.14. The standard InChI is InChI=1S/C20H17Cl2N3OS/c21-14-5-3-13(4-6-14)17-12-27-20(23-17)24-19(26)18-2-1-11-25(18)16-9-7-15(22)8-10-16/h3-10,12,18H,1-2,11H2,(H,23,24,26). The van der Waals surface area contributed by atoms with E-state index >= 15 is 0 Å². The number of halogens is 2. The van der Waals surface area contributed by atoms with Gasteiger partial charge in [-0.05, 0) is 49.2 Å². The Kier molecular flexibility index (Phi) is 5.34. The van der Waals surface area contributed by atoms with Crippen molar-refractivity contribution in [2.24, 2.45) is 0 Å². The third-order valence-corrected chi connectivity index (χ3v) is 5.85. The molecule has 138 valence electrons. The van der Waals surface area contributed by atoms with Crippen molar-refractivity contribution in [3.05, 3.63) is 64.0 Å². The quantitative estimate of drug-likeness (QED) is 0.589. The Labute approximate surface area is 171 Å². The Morgan fingerprint density at radius 3 is 2.44 bits per heavy atom. The van der Waals surface area contributed by atoms with Crippen LogP contribution in [0.15, 0.2) is 53.9 Å². The van der Waals surface area contributed by atoms with Crippen LogP contribution in [-0.4, -0.2) is 23.5 Å². The van der Waals surface area contributed by atoms with Crippen molar-refractivity contribution in [2.75, 3.05) is 16.8 Å². The molecule has 1 atom stereocenters. The van der Waals surface area contributed by atoms with Crippen LogP contribution in [-0.2, 0) is 4.79 Å². The van der Waals surface area contributed by atoms with Crippen LogP contribution in [0.25, 0.3) is 11.3 Å². The van der Waals surface area contributed by atoms with E-state index in [2.05, 4.69) is 15.2 Å². The number of thiazole rings is 1. The maximum atomic E-state index is 12.8. The van der Waals surface area contributed by atoms with Gasteiger partial charge in [0.2, 0.25) is 5.91 Å². The zero-order valence-corrected chi connectivity index (χ0v) is 16.7. The van der Waals surface area contributed by atoms with Gasteiger partial charge in [0.15, 0.2) is 5.13 Å². The molecule has 1 aromatic heterocycles. The van der Waals surface area contributed by atoms with Crippen molar-refractivity contribution in [3.8, 4) is 11.3 Å². The van der Waals surface area contributed by atoms with E-state index in [1.54, 1.807) is 0 Å². The van der Waals surface area contributed by atoms with Gasteiger partial charge in [0.25, 0.3) is 0 Å². The average Bonchev–Trinajstić information content (AvgIpc) is 3.33. The Morgan fingerprint density at radius 1 is 1.07 bits per heavy atom. The van der Waals surface area contributed by atoms with Crippen LogP contribution in [0.4, 0.5) is 10.8 Å². The van der Waals surface area contributed by atoms with Gasteiger partial charge in [-0.1, -0.05) is 35.3 Å². The SMILES string of the molecule is O=C(Nc1nc(-c2ccc(Cl)cc2)cs1)C1CCCN1c1ccc(Cl)cc1. The summed E-state index contributed by atoms with van der Waals surface area (Å²) in [5.41, 5.74) is 2.81. The van der Waals surface area contributed by atoms with Gasteiger partial charge in [0, 0.05) is 33.2 Å². The van der Waals surface area contributed by atoms with Gasteiger partial charge in [-0.2, -0.15) is 0 Å². The number of nitrogens with zero attached hydrogens (tertiary/aromatic N) is 2. The summed E-state index contributed by atoms with van der Waals surface area (Å²) in [6.07, 6.45) is 1.80. The molecular weight excluding hydrogens is 401 g/mol. The van der Waals surface area contributed by atoms with E-state index in [9.17, 15) is 4.79 Å². The summed E-state index contributed by atoms with van der Waals surface area (Å²) in [6, 6.07) is 14.9. The van der Waals surface area contributed by atoms with E-state index in [4.69, 9.17) is 23.2 Å². The zero-order valence-electron chi connectivity index (χ0n) is 14.4. The van der Waals surface area contributed by atoms with Crippen molar-refractivity contribution in [1.29, 1.82) is 0 Å². The molecule has 2 aromatic carbocycles. The molecule has 7 heteroatoms. The highest BCUT2D eigenvalue weighted by Gasteiger charge is 2.31. The molecule has 4 nitrogen and oxygen atoms in total. The lowest BCUT2D eigenvalue weighted by Gasteiger charge is -2.25. The largest absolute Gasteiger partial charge is 0.360 e. The van der Waals surface area contributed by atoms with Gasteiger partial charge in [-0.25, -0.2) is 4.98 Å². The summed E-state index contributed by atoms with van der Waals surface area (Å²) in [5.74, 6) is -0.0283. The van der Waals surface area contributed by atoms with Crippen LogP contribution in [0.2, 0.25) is 10.0 Å². The van der Waals surface area contributed by atoms with E-state index in [1.807, 2.05) is 53.9 Å². The maximum Gasteiger partial charge on any atom is 0.248 e. The van der Waals surface area contributed by atoms with Crippen LogP contribution < -0.4 is 10.2 Å². The first-order chi connectivity index (χ1) is 13.1. The minimum atomic E-state index is -0.200. The molecule has 0 radical (unpaired) electrons. The fourth-order valence-electron chi connectivity index (χ4n) is 3.25. The molecule has 1 unspecified atom stereocenters. The second-order valence-corrected chi connectivity index (χ2v) is 8.09. The van der Waals surface area contributed by atoms with Crippen molar-refractivity contribution >= 4 is 51.3 Å². The minimum Gasteiger partial charge on any atom is -0.360 e. The number of rotatable bonds is 4. The predicted molar refractivity (Wildman–Crippen MR) is 113 cm³/mol. The lowest BCUT2D eigenvalue weighted by Crippen LogP contribution is -2.39. The van der Waals surface area contributed by atoms with Gasteiger partial charge in [0.05, 0.1) is 5.69 Å². The number of hydrogen-bond acceptors (Lipinski definition) is 4. The number of hydrogen-bond donors (Lipinski definition) is 1. The molecule has 3 aromatic rings. The van der Waals surface area contributed by atoms with Crippen molar-refractivity contribution in [2.45, 2.75) is 18.9 Å². The van der Waals surface area contributed by atoms with E-state index in [-0.39, 0.29) is 11.9 Å². The second-order valence-electron chi connectivity index (χ2n) is 6.36. The number of carbonyl (C=O) groups excluding carboxylic acids is 1. The second kappa shape index (κ2) is 7.89. The number of amides is 1. The smallest absolute Gasteiger partial charge is 0.248 e. The lowest BCUT2D eigenvalue weighted by molar-refractivity contribution is -0.117.